The Labute approximate surface area is 80.0 Å². The van der Waals surface area contributed by atoms with Gasteiger partial charge in [0.05, 0.1) is 6.07 Å². The lowest BCUT2D eigenvalue weighted by atomic mass is 10.2. The molecule has 1 atom stereocenters. The van der Waals surface area contributed by atoms with E-state index >= 15 is 0 Å². The SMILES string of the molecule is C/C(C#N)=C\C(C)N1CCNCC1. The molecule has 1 unspecified atom stereocenters. The number of piperazine rings is 1. The summed E-state index contributed by atoms with van der Waals surface area (Å²) in [6.45, 7) is 8.28. The molecule has 0 saturated carbocycles. The maximum absolute atomic E-state index is 8.63. The first kappa shape index (κ1) is 10.2. The van der Waals surface area contributed by atoms with Crippen molar-refractivity contribution in [2.45, 2.75) is 19.9 Å². The van der Waals surface area contributed by atoms with Crippen LogP contribution in [-0.4, -0.2) is 37.1 Å². The highest BCUT2D eigenvalue weighted by molar-refractivity contribution is 5.19. The fourth-order valence-corrected chi connectivity index (χ4v) is 1.59. The zero-order valence-corrected chi connectivity index (χ0v) is 8.38. The van der Waals surface area contributed by atoms with Gasteiger partial charge < -0.3 is 5.32 Å². The van der Waals surface area contributed by atoms with Gasteiger partial charge in [-0.05, 0) is 13.8 Å². The molecule has 13 heavy (non-hydrogen) atoms. The van der Waals surface area contributed by atoms with E-state index in [0.29, 0.717) is 6.04 Å². The number of nitriles is 1. The Bertz CT molecular complexity index is 221. The number of hydrogen-bond donors (Lipinski definition) is 1. The minimum absolute atomic E-state index is 0.391. The number of nitrogens with zero attached hydrogens (tertiary/aromatic N) is 2. The third-order valence-electron chi connectivity index (χ3n) is 2.40. The van der Waals surface area contributed by atoms with Crippen molar-refractivity contribution in [1.29, 1.82) is 5.26 Å². The summed E-state index contributed by atoms with van der Waals surface area (Å²) in [6, 6.07) is 2.54. The summed E-state index contributed by atoms with van der Waals surface area (Å²) in [5.74, 6) is 0. The molecule has 72 valence electrons. The highest BCUT2D eigenvalue weighted by Gasteiger charge is 2.13. The van der Waals surface area contributed by atoms with Crippen molar-refractivity contribution in [3.63, 3.8) is 0 Å². The normalized spacial score (nSPS) is 22.4. The van der Waals surface area contributed by atoms with Crippen LogP contribution in [0.5, 0.6) is 0 Å². The molecule has 0 bridgehead atoms. The zero-order chi connectivity index (χ0) is 9.68. The highest BCUT2D eigenvalue weighted by Crippen LogP contribution is 2.04. The second-order valence-electron chi connectivity index (χ2n) is 3.49. The fourth-order valence-electron chi connectivity index (χ4n) is 1.59. The van der Waals surface area contributed by atoms with E-state index in [1.165, 1.54) is 0 Å². The lowest BCUT2D eigenvalue weighted by Gasteiger charge is -2.31. The van der Waals surface area contributed by atoms with Gasteiger partial charge in [0.2, 0.25) is 0 Å². The standard InChI is InChI=1S/C10H17N3/c1-9(8-11)7-10(2)13-5-3-12-4-6-13/h7,10,12H,3-6H2,1-2H3/b9-7+. The van der Waals surface area contributed by atoms with Gasteiger partial charge in [-0.1, -0.05) is 6.08 Å². The van der Waals surface area contributed by atoms with Gasteiger partial charge in [0.25, 0.3) is 0 Å². The lowest BCUT2D eigenvalue weighted by molar-refractivity contribution is 0.212. The van der Waals surface area contributed by atoms with Crippen molar-refractivity contribution in [3.05, 3.63) is 11.6 Å². The Morgan fingerprint density at radius 2 is 2.15 bits per heavy atom. The predicted molar refractivity (Wildman–Crippen MR) is 53.3 cm³/mol. The molecule has 1 aliphatic heterocycles. The Hall–Kier alpha value is -0.850. The van der Waals surface area contributed by atoms with E-state index in [2.05, 4.69) is 23.2 Å². The quantitative estimate of drug-likeness (QED) is 0.636. The highest BCUT2D eigenvalue weighted by atomic mass is 15.2. The maximum Gasteiger partial charge on any atom is 0.0941 e. The molecule has 0 amide bonds. The van der Waals surface area contributed by atoms with Crippen LogP contribution in [0.2, 0.25) is 0 Å². The molecule has 0 radical (unpaired) electrons. The van der Waals surface area contributed by atoms with E-state index in [1.807, 2.05) is 13.0 Å². The zero-order valence-electron chi connectivity index (χ0n) is 8.38. The molecule has 0 spiro atoms. The first-order valence-electron chi connectivity index (χ1n) is 4.77. The molecule has 0 aromatic rings. The van der Waals surface area contributed by atoms with Gasteiger partial charge in [-0.25, -0.2) is 0 Å². The largest absolute Gasteiger partial charge is 0.314 e. The van der Waals surface area contributed by atoms with Crippen LogP contribution in [0, 0.1) is 11.3 Å². The van der Waals surface area contributed by atoms with Gasteiger partial charge in [0.1, 0.15) is 0 Å². The maximum atomic E-state index is 8.63. The number of nitrogens with one attached hydrogen (secondary N) is 1. The summed E-state index contributed by atoms with van der Waals surface area (Å²) < 4.78 is 0. The fraction of sp³-hybridized carbons (Fsp3) is 0.700. The summed E-state index contributed by atoms with van der Waals surface area (Å²) in [7, 11) is 0. The molecule has 1 fully saturated rings. The molecule has 3 heteroatoms. The van der Waals surface area contributed by atoms with Crippen molar-refractivity contribution in [1.82, 2.24) is 10.2 Å². The van der Waals surface area contributed by atoms with Crippen LogP contribution in [0.15, 0.2) is 11.6 Å². The molecule has 3 nitrogen and oxygen atoms in total. The van der Waals surface area contributed by atoms with Gasteiger partial charge in [-0.15, -0.1) is 0 Å². The van der Waals surface area contributed by atoms with Crippen LogP contribution in [0.1, 0.15) is 13.8 Å². The Kier molecular flexibility index (Phi) is 3.94. The molecule has 0 aliphatic carbocycles. The molecular formula is C10H17N3. The van der Waals surface area contributed by atoms with E-state index in [0.717, 1.165) is 31.8 Å². The molecule has 1 saturated heterocycles. The molecule has 1 heterocycles. The van der Waals surface area contributed by atoms with Gasteiger partial charge in [-0.3, -0.25) is 4.90 Å². The number of rotatable bonds is 2. The molecular weight excluding hydrogens is 162 g/mol. The first-order chi connectivity index (χ1) is 6.24. The first-order valence-corrected chi connectivity index (χ1v) is 4.77. The van der Waals surface area contributed by atoms with Crippen LogP contribution in [0.3, 0.4) is 0 Å². The van der Waals surface area contributed by atoms with Crippen LogP contribution in [0.4, 0.5) is 0 Å². The number of allylic oxidation sites excluding steroid dienone is 1. The van der Waals surface area contributed by atoms with Gasteiger partial charge in [0, 0.05) is 37.8 Å². The predicted octanol–water partition coefficient (Wildman–Crippen LogP) is 0.750. The van der Waals surface area contributed by atoms with Crippen molar-refractivity contribution in [2.75, 3.05) is 26.2 Å². The molecule has 0 aromatic heterocycles. The topological polar surface area (TPSA) is 39.1 Å². The summed E-state index contributed by atoms with van der Waals surface area (Å²) in [4.78, 5) is 2.39. The third-order valence-corrected chi connectivity index (χ3v) is 2.40. The summed E-state index contributed by atoms with van der Waals surface area (Å²) in [5, 5.41) is 11.9. The molecule has 1 rings (SSSR count). The van der Waals surface area contributed by atoms with Gasteiger partial charge >= 0.3 is 0 Å². The second kappa shape index (κ2) is 5.00. The lowest BCUT2D eigenvalue weighted by Crippen LogP contribution is -2.46. The van der Waals surface area contributed by atoms with E-state index in [4.69, 9.17) is 5.26 Å². The van der Waals surface area contributed by atoms with Crippen molar-refractivity contribution < 1.29 is 0 Å². The van der Waals surface area contributed by atoms with E-state index in [-0.39, 0.29) is 0 Å². The van der Waals surface area contributed by atoms with Gasteiger partial charge in [0.15, 0.2) is 0 Å². The molecule has 1 aliphatic rings. The minimum atomic E-state index is 0.391. The van der Waals surface area contributed by atoms with E-state index in [9.17, 15) is 0 Å². The monoisotopic (exact) mass is 179 g/mol. The summed E-state index contributed by atoms with van der Waals surface area (Å²) in [6.07, 6.45) is 2.03. The third kappa shape index (κ3) is 3.17. The average molecular weight is 179 g/mol. The van der Waals surface area contributed by atoms with Crippen molar-refractivity contribution in [2.24, 2.45) is 0 Å². The number of hydrogen-bond acceptors (Lipinski definition) is 3. The Morgan fingerprint density at radius 1 is 1.54 bits per heavy atom. The summed E-state index contributed by atoms with van der Waals surface area (Å²) in [5.41, 5.74) is 0.811. The molecule has 1 N–H and O–H groups in total. The Morgan fingerprint density at radius 3 is 2.69 bits per heavy atom. The van der Waals surface area contributed by atoms with E-state index < -0.39 is 0 Å². The van der Waals surface area contributed by atoms with Gasteiger partial charge in [-0.2, -0.15) is 5.26 Å². The summed E-state index contributed by atoms with van der Waals surface area (Å²) >= 11 is 0. The van der Waals surface area contributed by atoms with Crippen LogP contribution < -0.4 is 5.32 Å². The average Bonchev–Trinajstić information content (AvgIpc) is 2.19. The van der Waals surface area contributed by atoms with Crippen molar-refractivity contribution in [3.8, 4) is 6.07 Å². The van der Waals surface area contributed by atoms with Crippen molar-refractivity contribution >= 4 is 0 Å². The van der Waals surface area contributed by atoms with E-state index in [1.54, 1.807) is 0 Å². The molecule has 0 aromatic carbocycles. The van der Waals surface area contributed by atoms with Crippen LogP contribution >= 0.6 is 0 Å². The Balaban J connectivity index is 2.47. The van der Waals surface area contributed by atoms with Crippen LogP contribution in [0.25, 0.3) is 0 Å². The van der Waals surface area contributed by atoms with Crippen LogP contribution in [-0.2, 0) is 0 Å². The minimum Gasteiger partial charge on any atom is -0.314 e. The second-order valence-corrected chi connectivity index (χ2v) is 3.49. The smallest absolute Gasteiger partial charge is 0.0941 e.